The zero-order valence-corrected chi connectivity index (χ0v) is 9.57. The Morgan fingerprint density at radius 2 is 2.33 bits per heavy atom. The quantitative estimate of drug-likeness (QED) is 0.768. The van der Waals surface area contributed by atoms with Gasteiger partial charge in [0.05, 0.1) is 6.10 Å². The molecule has 1 aromatic rings. The maximum Gasteiger partial charge on any atom is 0.127 e. The summed E-state index contributed by atoms with van der Waals surface area (Å²) in [5, 5.41) is 12.4. The topological polar surface area (TPSA) is 48.4 Å². The van der Waals surface area contributed by atoms with E-state index < -0.39 is 0 Å². The van der Waals surface area contributed by atoms with E-state index in [1.807, 2.05) is 31.0 Å². The Balaban J connectivity index is 2.71. The molecule has 1 aromatic heterocycles. The first-order valence-corrected chi connectivity index (χ1v) is 5.22. The van der Waals surface area contributed by atoms with E-state index in [9.17, 15) is 5.11 Å². The summed E-state index contributed by atoms with van der Waals surface area (Å²) in [6.07, 6.45) is 1.44. The number of hydrogen-bond acceptors (Lipinski definition) is 4. The molecule has 0 saturated heterocycles. The third kappa shape index (κ3) is 3.75. The molecule has 0 spiro atoms. The average molecular weight is 209 g/mol. The number of aliphatic hydroxyl groups excluding tert-OH is 1. The highest BCUT2D eigenvalue weighted by Gasteiger charge is 2.04. The molecule has 4 nitrogen and oxygen atoms in total. The summed E-state index contributed by atoms with van der Waals surface area (Å²) in [6, 6.07) is 3.91. The summed E-state index contributed by atoms with van der Waals surface area (Å²) in [5.74, 6) is 0.868. The van der Waals surface area contributed by atoms with Crippen molar-refractivity contribution < 1.29 is 5.11 Å². The van der Waals surface area contributed by atoms with E-state index >= 15 is 0 Å². The molecule has 0 radical (unpaired) electrons. The maximum atomic E-state index is 9.28. The van der Waals surface area contributed by atoms with E-state index in [0.29, 0.717) is 6.54 Å². The monoisotopic (exact) mass is 209 g/mol. The van der Waals surface area contributed by atoms with Crippen LogP contribution in [0.5, 0.6) is 0 Å². The lowest BCUT2D eigenvalue weighted by atomic mass is 10.3. The van der Waals surface area contributed by atoms with Crippen molar-refractivity contribution in [1.82, 2.24) is 4.98 Å². The second-order valence-corrected chi connectivity index (χ2v) is 3.66. The van der Waals surface area contributed by atoms with Gasteiger partial charge in [0.15, 0.2) is 0 Å². The molecule has 1 rings (SSSR count). The molecular formula is C11H19N3O. The molecule has 1 heterocycles. The molecular weight excluding hydrogens is 190 g/mol. The van der Waals surface area contributed by atoms with Crippen LogP contribution in [0.3, 0.4) is 0 Å². The molecule has 0 aliphatic carbocycles. The number of aromatic nitrogens is 1. The van der Waals surface area contributed by atoms with Crippen molar-refractivity contribution in [3.63, 3.8) is 0 Å². The van der Waals surface area contributed by atoms with Crippen molar-refractivity contribution in [2.24, 2.45) is 0 Å². The van der Waals surface area contributed by atoms with Crippen LogP contribution in [0.2, 0.25) is 0 Å². The molecule has 0 bridgehead atoms. The van der Waals surface area contributed by atoms with Crippen LogP contribution in [0.15, 0.2) is 18.3 Å². The van der Waals surface area contributed by atoms with Gasteiger partial charge in [-0.3, -0.25) is 0 Å². The second kappa shape index (κ2) is 5.56. The Labute approximate surface area is 90.9 Å². The largest absolute Gasteiger partial charge is 0.392 e. The van der Waals surface area contributed by atoms with Crippen LogP contribution in [0.4, 0.5) is 11.5 Å². The van der Waals surface area contributed by atoms with Gasteiger partial charge in [-0.1, -0.05) is 0 Å². The fourth-order valence-corrected chi connectivity index (χ4v) is 1.44. The molecule has 1 unspecified atom stereocenters. The van der Waals surface area contributed by atoms with Gasteiger partial charge < -0.3 is 15.3 Å². The Kier molecular flexibility index (Phi) is 4.37. The molecule has 0 aliphatic heterocycles. The van der Waals surface area contributed by atoms with Gasteiger partial charge in [0.2, 0.25) is 0 Å². The second-order valence-electron chi connectivity index (χ2n) is 3.66. The van der Waals surface area contributed by atoms with Crippen molar-refractivity contribution in [3.8, 4) is 0 Å². The normalized spacial score (nSPS) is 12.3. The number of aliphatic hydroxyl groups is 1. The molecule has 84 valence electrons. The molecule has 0 aliphatic rings. The fraction of sp³-hybridized carbons (Fsp3) is 0.545. The van der Waals surface area contributed by atoms with E-state index in [1.54, 1.807) is 13.1 Å². The van der Waals surface area contributed by atoms with Gasteiger partial charge in [-0.15, -0.1) is 0 Å². The minimum Gasteiger partial charge on any atom is -0.392 e. The Morgan fingerprint density at radius 3 is 2.93 bits per heavy atom. The van der Waals surface area contributed by atoms with Crippen LogP contribution < -0.4 is 10.2 Å². The smallest absolute Gasteiger partial charge is 0.127 e. The number of nitrogens with zero attached hydrogens (tertiary/aromatic N) is 2. The van der Waals surface area contributed by atoms with Crippen LogP contribution >= 0.6 is 0 Å². The third-order valence-electron chi connectivity index (χ3n) is 2.08. The van der Waals surface area contributed by atoms with E-state index in [1.165, 1.54) is 0 Å². The van der Waals surface area contributed by atoms with Crippen molar-refractivity contribution in [1.29, 1.82) is 0 Å². The first-order valence-electron chi connectivity index (χ1n) is 5.22. The summed E-state index contributed by atoms with van der Waals surface area (Å²) in [5.41, 5.74) is 1.06. The minimum absolute atomic E-state index is 0.328. The predicted octanol–water partition coefficient (Wildman–Crippen LogP) is 1.33. The number of rotatable bonds is 5. The van der Waals surface area contributed by atoms with Gasteiger partial charge in [0.1, 0.15) is 5.82 Å². The number of anilines is 2. The molecule has 0 fully saturated rings. The fourth-order valence-electron chi connectivity index (χ4n) is 1.44. The Bertz CT molecular complexity index is 302. The summed E-state index contributed by atoms with van der Waals surface area (Å²) in [6.45, 7) is 5.29. The van der Waals surface area contributed by atoms with Crippen LogP contribution in [-0.4, -0.2) is 36.3 Å². The predicted molar refractivity (Wildman–Crippen MR) is 63.4 cm³/mol. The van der Waals surface area contributed by atoms with Crippen molar-refractivity contribution in [2.75, 3.05) is 30.4 Å². The van der Waals surface area contributed by atoms with Crippen molar-refractivity contribution in [2.45, 2.75) is 20.0 Å². The molecule has 4 heteroatoms. The standard InChI is InChI=1S/C11H19N3O/c1-4-12-11-7-10(5-6-13-11)14(3)8-9(2)15/h5-7,9,15H,4,8H2,1-3H3,(H,12,13). The lowest BCUT2D eigenvalue weighted by molar-refractivity contribution is 0.201. The Hall–Kier alpha value is -1.29. The van der Waals surface area contributed by atoms with E-state index in [2.05, 4.69) is 10.3 Å². The third-order valence-corrected chi connectivity index (χ3v) is 2.08. The van der Waals surface area contributed by atoms with E-state index in [-0.39, 0.29) is 6.10 Å². The molecule has 0 saturated carbocycles. The first kappa shape index (κ1) is 11.8. The summed E-state index contributed by atoms with van der Waals surface area (Å²) < 4.78 is 0. The summed E-state index contributed by atoms with van der Waals surface area (Å²) >= 11 is 0. The number of hydrogen-bond donors (Lipinski definition) is 2. The lowest BCUT2D eigenvalue weighted by Crippen LogP contribution is -2.26. The van der Waals surface area contributed by atoms with E-state index in [0.717, 1.165) is 18.1 Å². The van der Waals surface area contributed by atoms with Crippen LogP contribution in [-0.2, 0) is 0 Å². The number of pyridine rings is 1. The molecule has 0 amide bonds. The number of likely N-dealkylation sites (N-methyl/N-ethyl adjacent to an activating group) is 1. The maximum absolute atomic E-state index is 9.28. The van der Waals surface area contributed by atoms with Crippen LogP contribution in [0.25, 0.3) is 0 Å². The van der Waals surface area contributed by atoms with Crippen molar-refractivity contribution in [3.05, 3.63) is 18.3 Å². The van der Waals surface area contributed by atoms with Crippen LogP contribution in [0, 0.1) is 0 Å². The van der Waals surface area contributed by atoms with Gasteiger partial charge in [0, 0.05) is 38.1 Å². The highest BCUT2D eigenvalue weighted by molar-refractivity contribution is 5.53. The lowest BCUT2D eigenvalue weighted by Gasteiger charge is -2.21. The number of nitrogens with one attached hydrogen (secondary N) is 1. The van der Waals surface area contributed by atoms with Crippen LogP contribution in [0.1, 0.15) is 13.8 Å². The zero-order chi connectivity index (χ0) is 11.3. The van der Waals surface area contributed by atoms with Gasteiger partial charge in [-0.2, -0.15) is 0 Å². The summed E-state index contributed by atoms with van der Waals surface area (Å²) in [4.78, 5) is 6.20. The molecule has 0 aromatic carbocycles. The molecule has 2 N–H and O–H groups in total. The highest BCUT2D eigenvalue weighted by atomic mass is 16.3. The molecule has 15 heavy (non-hydrogen) atoms. The van der Waals surface area contributed by atoms with E-state index in [4.69, 9.17) is 0 Å². The Morgan fingerprint density at radius 1 is 1.60 bits per heavy atom. The average Bonchev–Trinajstić information content (AvgIpc) is 2.17. The minimum atomic E-state index is -0.328. The van der Waals surface area contributed by atoms with Crippen molar-refractivity contribution >= 4 is 11.5 Å². The molecule has 1 atom stereocenters. The van der Waals surface area contributed by atoms with Gasteiger partial charge in [-0.25, -0.2) is 4.98 Å². The SMILES string of the molecule is CCNc1cc(N(C)CC(C)O)ccn1. The first-order chi connectivity index (χ1) is 7.13. The highest BCUT2D eigenvalue weighted by Crippen LogP contribution is 2.15. The van der Waals surface area contributed by atoms with Gasteiger partial charge in [-0.05, 0) is 19.9 Å². The van der Waals surface area contributed by atoms with Gasteiger partial charge >= 0.3 is 0 Å². The summed E-state index contributed by atoms with van der Waals surface area (Å²) in [7, 11) is 1.96. The zero-order valence-electron chi connectivity index (χ0n) is 9.57. The van der Waals surface area contributed by atoms with Gasteiger partial charge in [0.25, 0.3) is 0 Å².